The standard InChI is InChI=1S/C14H26S/c1-2-3-4-5-6-10-13-15-14-11-8-7-9-12-14/h7H,2-6,8-13H2,1H3. The number of hydrogen-bond donors (Lipinski definition) is 0. The summed E-state index contributed by atoms with van der Waals surface area (Å²) in [7, 11) is 0. The molecule has 0 aliphatic heterocycles. The highest BCUT2D eigenvalue weighted by Gasteiger charge is 2.13. The number of unbranched alkanes of at least 4 members (excludes halogenated alkanes) is 5. The summed E-state index contributed by atoms with van der Waals surface area (Å²) >= 11 is 2.16. The topological polar surface area (TPSA) is 0 Å². The first-order valence-corrected chi connectivity index (χ1v) is 7.71. The maximum atomic E-state index is 2.44. The second-order valence-corrected chi connectivity index (χ2v) is 5.80. The maximum Gasteiger partial charge on any atom is 0.0306 e. The summed E-state index contributed by atoms with van der Waals surface area (Å²) in [6.07, 6.45) is 16.4. The summed E-state index contributed by atoms with van der Waals surface area (Å²) in [5.74, 6) is 1.38. The maximum absolute atomic E-state index is 2.44. The van der Waals surface area contributed by atoms with Gasteiger partial charge in [-0.2, -0.15) is 11.8 Å². The molecule has 1 saturated carbocycles. The van der Waals surface area contributed by atoms with Gasteiger partial charge >= 0.3 is 0 Å². The van der Waals surface area contributed by atoms with Crippen molar-refractivity contribution >= 4 is 11.8 Å². The van der Waals surface area contributed by atoms with Crippen LogP contribution in [0.3, 0.4) is 0 Å². The van der Waals surface area contributed by atoms with Crippen molar-refractivity contribution in [2.45, 2.75) is 71.1 Å². The number of thioether (sulfide) groups is 1. The number of hydrogen-bond acceptors (Lipinski definition) is 1. The quantitative estimate of drug-likeness (QED) is 0.500. The van der Waals surface area contributed by atoms with Crippen LogP contribution in [0.2, 0.25) is 0 Å². The Bertz CT molecular complexity index is 127. The average molecular weight is 226 g/mol. The zero-order valence-electron chi connectivity index (χ0n) is 10.3. The first-order chi connectivity index (χ1) is 7.43. The van der Waals surface area contributed by atoms with Crippen molar-refractivity contribution in [2.24, 2.45) is 0 Å². The van der Waals surface area contributed by atoms with E-state index in [0.29, 0.717) is 0 Å². The fourth-order valence-corrected chi connectivity index (χ4v) is 3.20. The van der Waals surface area contributed by atoms with Crippen molar-refractivity contribution in [3.63, 3.8) is 0 Å². The van der Waals surface area contributed by atoms with Crippen LogP contribution >= 0.6 is 11.8 Å². The zero-order chi connectivity index (χ0) is 10.8. The molecule has 0 N–H and O–H groups in total. The Balaban J connectivity index is 1.79. The van der Waals surface area contributed by atoms with Crippen molar-refractivity contribution in [2.75, 3.05) is 5.75 Å². The fraction of sp³-hybridized carbons (Fsp3) is 0.857. The Kier molecular flexibility index (Phi) is 8.56. The normalized spacial score (nSPS) is 18.2. The third kappa shape index (κ3) is 7.27. The predicted molar refractivity (Wildman–Crippen MR) is 71.8 cm³/mol. The lowest BCUT2D eigenvalue weighted by atomic mass is 10.0. The largest absolute Gasteiger partial charge is 0.154 e. The highest BCUT2D eigenvalue weighted by Crippen LogP contribution is 2.35. The zero-order valence-corrected chi connectivity index (χ0v) is 11.1. The second kappa shape index (κ2) is 9.57. The molecule has 88 valence electrons. The van der Waals surface area contributed by atoms with Crippen LogP contribution in [-0.4, -0.2) is 5.75 Å². The van der Waals surface area contributed by atoms with Gasteiger partial charge in [0, 0.05) is 5.25 Å². The smallest absolute Gasteiger partial charge is 0.0306 e. The van der Waals surface area contributed by atoms with Gasteiger partial charge in [0.2, 0.25) is 0 Å². The van der Waals surface area contributed by atoms with Gasteiger partial charge < -0.3 is 0 Å². The minimum Gasteiger partial charge on any atom is -0.154 e. The second-order valence-electron chi connectivity index (χ2n) is 4.52. The van der Waals surface area contributed by atoms with Crippen LogP contribution in [0.25, 0.3) is 0 Å². The van der Waals surface area contributed by atoms with E-state index in [9.17, 15) is 0 Å². The molecule has 0 unspecified atom stereocenters. The molecule has 0 atom stereocenters. The minimum absolute atomic E-state index is 1.33. The van der Waals surface area contributed by atoms with Crippen LogP contribution in [0.4, 0.5) is 0 Å². The van der Waals surface area contributed by atoms with E-state index in [2.05, 4.69) is 25.1 Å². The molecule has 0 aromatic carbocycles. The van der Waals surface area contributed by atoms with Gasteiger partial charge in [0.05, 0.1) is 0 Å². The van der Waals surface area contributed by atoms with Gasteiger partial charge in [-0.05, 0) is 44.3 Å². The van der Waals surface area contributed by atoms with E-state index < -0.39 is 0 Å². The Morgan fingerprint density at radius 3 is 2.40 bits per heavy atom. The molecular weight excluding hydrogens is 200 g/mol. The van der Waals surface area contributed by atoms with Gasteiger partial charge in [-0.1, -0.05) is 39.0 Å². The molecule has 1 aliphatic carbocycles. The summed E-state index contributed by atoms with van der Waals surface area (Å²) in [5, 5.41) is 1.77. The van der Waals surface area contributed by atoms with Crippen LogP contribution in [0, 0.1) is 11.7 Å². The third-order valence-corrected chi connectivity index (χ3v) is 4.37. The summed E-state index contributed by atoms with van der Waals surface area (Å²) in [6.45, 7) is 2.28. The Morgan fingerprint density at radius 1 is 1.00 bits per heavy atom. The summed E-state index contributed by atoms with van der Waals surface area (Å²) in [4.78, 5) is 0. The van der Waals surface area contributed by atoms with Gasteiger partial charge in [-0.15, -0.1) is 0 Å². The van der Waals surface area contributed by atoms with Gasteiger partial charge in [0.1, 0.15) is 0 Å². The van der Waals surface area contributed by atoms with Crippen molar-refractivity contribution in [1.82, 2.24) is 0 Å². The Hall–Kier alpha value is 0.350. The minimum atomic E-state index is 1.33. The van der Waals surface area contributed by atoms with E-state index >= 15 is 0 Å². The van der Waals surface area contributed by atoms with Crippen LogP contribution in [-0.2, 0) is 0 Å². The van der Waals surface area contributed by atoms with Crippen LogP contribution in [0.1, 0.15) is 71.1 Å². The molecule has 2 radical (unpaired) electrons. The van der Waals surface area contributed by atoms with Gasteiger partial charge in [0.15, 0.2) is 0 Å². The van der Waals surface area contributed by atoms with E-state index in [1.165, 1.54) is 70.0 Å². The fourth-order valence-electron chi connectivity index (χ4n) is 2.04. The first-order valence-electron chi connectivity index (χ1n) is 6.72. The van der Waals surface area contributed by atoms with Crippen LogP contribution in [0.15, 0.2) is 0 Å². The SMILES string of the molecule is CCCCCCCCS[C]1CC[CH]CC1. The van der Waals surface area contributed by atoms with Gasteiger partial charge in [0.25, 0.3) is 0 Å². The summed E-state index contributed by atoms with van der Waals surface area (Å²) in [6, 6.07) is 0. The summed E-state index contributed by atoms with van der Waals surface area (Å²) < 4.78 is 0. The van der Waals surface area contributed by atoms with E-state index in [-0.39, 0.29) is 0 Å². The molecule has 0 spiro atoms. The van der Waals surface area contributed by atoms with Crippen molar-refractivity contribution in [1.29, 1.82) is 0 Å². The van der Waals surface area contributed by atoms with Gasteiger partial charge in [-0.3, -0.25) is 0 Å². The molecule has 0 aromatic heterocycles. The molecular formula is C14H26S. The lowest BCUT2D eigenvalue weighted by Crippen LogP contribution is -2.01. The van der Waals surface area contributed by atoms with Crippen LogP contribution < -0.4 is 0 Å². The Morgan fingerprint density at radius 2 is 1.67 bits per heavy atom. The molecule has 1 aliphatic rings. The van der Waals surface area contributed by atoms with E-state index in [1.807, 2.05) is 0 Å². The Labute approximate surface area is 101 Å². The van der Waals surface area contributed by atoms with Crippen molar-refractivity contribution < 1.29 is 0 Å². The first kappa shape index (κ1) is 13.4. The molecule has 0 nitrogen and oxygen atoms in total. The molecule has 15 heavy (non-hydrogen) atoms. The van der Waals surface area contributed by atoms with Crippen molar-refractivity contribution in [3.8, 4) is 0 Å². The molecule has 1 heteroatoms. The van der Waals surface area contributed by atoms with E-state index in [0.717, 1.165) is 0 Å². The molecule has 0 heterocycles. The predicted octanol–water partition coefficient (Wildman–Crippen LogP) is 5.39. The lowest BCUT2D eigenvalue weighted by Gasteiger charge is -2.19. The van der Waals surface area contributed by atoms with E-state index in [4.69, 9.17) is 0 Å². The molecule has 1 rings (SSSR count). The monoisotopic (exact) mass is 226 g/mol. The van der Waals surface area contributed by atoms with Crippen LogP contribution in [0.5, 0.6) is 0 Å². The average Bonchev–Trinajstić information content (AvgIpc) is 2.29. The molecule has 0 saturated heterocycles. The van der Waals surface area contributed by atoms with Gasteiger partial charge in [-0.25, -0.2) is 0 Å². The molecule has 1 fully saturated rings. The lowest BCUT2D eigenvalue weighted by molar-refractivity contribution is 0.626. The van der Waals surface area contributed by atoms with Crippen molar-refractivity contribution in [3.05, 3.63) is 11.7 Å². The van der Waals surface area contributed by atoms with E-state index in [1.54, 1.807) is 5.25 Å². The number of rotatable bonds is 8. The molecule has 0 aromatic rings. The highest BCUT2D eigenvalue weighted by molar-refractivity contribution is 8.02. The molecule has 0 bridgehead atoms. The summed E-state index contributed by atoms with van der Waals surface area (Å²) in [5.41, 5.74) is 0. The third-order valence-electron chi connectivity index (χ3n) is 3.06. The molecule has 0 amide bonds. The highest BCUT2D eigenvalue weighted by atomic mass is 32.2.